The molecule has 184 valence electrons. The number of fused-ring (bicyclic) bond motifs is 3. The fourth-order valence-electron chi connectivity index (χ4n) is 5.86. The van der Waals surface area contributed by atoms with Crippen LogP contribution in [0.1, 0.15) is 54.5 Å². The summed E-state index contributed by atoms with van der Waals surface area (Å²) in [7, 11) is 0. The molecule has 6 nitrogen and oxygen atoms in total. The first kappa shape index (κ1) is 24.0. The summed E-state index contributed by atoms with van der Waals surface area (Å²) in [5, 5.41) is 11.5. The quantitative estimate of drug-likeness (QED) is 0.366. The van der Waals surface area contributed by atoms with Crippen LogP contribution in [0.15, 0.2) is 44.1 Å². The van der Waals surface area contributed by atoms with Gasteiger partial charge in [0.2, 0.25) is 0 Å². The van der Waals surface area contributed by atoms with Gasteiger partial charge in [-0.15, -0.1) is 12.4 Å². The highest BCUT2D eigenvalue weighted by Gasteiger charge is 2.24. The fourth-order valence-corrected chi connectivity index (χ4v) is 5.86. The first-order valence-electron chi connectivity index (χ1n) is 12.4. The Hall–Kier alpha value is -2.67. The summed E-state index contributed by atoms with van der Waals surface area (Å²) < 4.78 is 11.9. The lowest BCUT2D eigenvalue weighted by atomic mass is 9.98. The van der Waals surface area contributed by atoms with Crippen LogP contribution in [0, 0.1) is 6.92 Å². The SMILES string of the molecule is Cc1ncc(CN2CCCCC2CCO)c2cc(-c3cc(=O)oc4cc5c(cc34)CCC5)oc12.Cl. The van der Waals surface area contributed by atoms with E-state index in [-0.39, 0.29) is 24.6 Å². The van der Waals surface area contributed by atoms with Crippen molar-refractivity contribution >= 4 is 34.3 Å². The molecule has 3 aromatic heterocycles. The van der Waals surface area contributed by atoms with Crippen molar-refractivity contribution in [2.45, 2.75) is 64.5 Å². The molecule has 1 fully saturated rings. The van der Waals surface area contributed by atoms with Gasteiger partial charge in [0.15, 0.2) is 5.58 Å². The lowest BCUT2D eigenvalue weighted by Gasteiger charge is -2.35. The van der Waals surface area contributed by atoms with E-state index in [4.69, 9.17) is 8.83 Å². The number of aliphatic hydroxyl groups excluding tert-OH is 1. The van der Waals surface area contributed by atoms with Crippen molar-refractivity contribution in [3.8, 4) is 11.3 Å². The number of pyridine rings is 1. The molecule has 1 saturated heterocycles. The van der Waals surface area contributed by atoms with Gasteiger partial charge in [0.05, 0.1) is 5.69 Å². The maximum atomic E-state index is 12.4. The van der Waals surface area contributed by atoms with Crippen molar-refractivity contribution < 1.29 is 13.9 Å². The largest absolute Gasteiger partial charge is 0.454 e. The second kappa shape index (κ2) is 9.76. The molecular weight excluding hydrogens is 464 g/mol. The van der Waals surface area contributed by atoms with Gasteiger partial charge in [-0.2, -0.15) is 0 Å². The van der Waals surface area contributed by atoms with Gasteiger partial charge in [-0.1, -0.05) is 6.42 Å². The summed E-state index contributed by atoms with van der Waals surface area (Å²) >= 11 is 0. The standard InChI is InChI=1S/C28H30N2O4.ClH/c1-17-28-22(20(15-29-17)16-30-9-3-2-7-21(30)8-10-31)13-26(34-28)24-14-27(32)33-25-12-19-6-4-5-18(19)11-23(24)25;/h11-15,21,31H,2-10,16H2,1H3;1H. The molecule has 2 aliphatic rings. The molecule has 1 unspecified atom stereocenters. The maximum absolute atomic E-state index is 12.4. The van der Waals surface area contributed by atoms with Gasteiger partial charge < -0.3 is 13.9 Å². The summed E-state index contributed by atoms with van der Waals surface area (Å²) in [6.07, 6.45) is 9.49. The van der Waals surface area contributed by atoms with E-state index < -0.39 is 0 Å². The predicted octanol–water partition coefficient (Wildman–Crippen LogP) is 5.56. The lowest BCUT2D eigenvalue weighted by molar-refractivity contribution is 0.113. The first-order chi connectivity index (χ1) is 16.6. The molecule has 0 bridgehead atoms. The molecule has 1 aliphatic carbocycles. The molecule has 0 spiro atoms. The zero-order valence-electron chi connectivity index (χ0n) is 20.0. The monoisotopic (exact) mass is 494 g/mol. The van der Waals surface area contributed by atoms with Crippen LogP contribution >= 0.6 is 12.4 Å². The normalized spacial score (nSPS) is 18.2. The zero-order chi connectivity index (χ0) is 23.2. The van der Waals surface area contributed by atoms with E-state index in [0.29, 0.717) is 17.4 Å². The minimum atomic E-state index is -0.365. The van der Waals surface area contributed by atoms with Crippen LogP contribution in [0.3, 0.4) is 0 Å². The van der Waals surface area contributed by atoms with Gasteiger partial charge in [-0.05, 0) is 86.9 Å². The number of aromatic nitrogens is 1. The molecular formula is C28H31ClN2O4. The van der Waals surface area contributed by atoms with E-state index in [9.17, 15) is 9.90 Å². The highest BCUT2D eigenvalue weighted by atomic mass is 35.5. The van der Waals surface area contributed by atoms with Crippen LogP contribution in [0.4, 0.5) is 0 Å². The van der Waals surface area contributed by atoms with Gasteiger partial charge in [-0.3, -0.25) is 9.88 Å². The molecule has 4 aromatic rings. The van der Waals surface area contributed by atoms with E-state index in [2.05, 4.69) is 22.0 Å². The molecule has 0 amide bonds. The van der Waals surface area contributed by atoms with Gasteiger partial charge >= 0.3 is 5.63 Å². The van der Waals surface area contributed by atoms with Gasteiger partial charge in [0, 0.05) is 47.8 Å². The number of hydrogen-bond acceptors (Lipinski definition) is 6. The smallest absolute Gasteiger partial charge is 0.336 e. The molecule has 1 N–H and O–H groups in total. The number of aliphatic hydroxyl groups is 1. The Morgan fingerprint density at radius 2 is 1.89 bits per heavy atom. The van der Waals surface area contributed by atoms with Crippen LogP contribution in [0.5, 0.6) is 0 Å². The summed E-state index contributed by atoms with van der Waals surface area (Å²) in [5.74, 6) is 0.675. The Balaban J connectivity index is 0.00000253. The number of halogens is 1. The third-order valence-electron chi connectivity index (χ3n) is 7.63. The average Bonchev–Trinajstić information content (AvgIpc) is 3.48. The number of likely N-dealkylation sites (tertiary alicyclic amines) is 1. The number of rotatable bonds is 5. The average molecular weight is 495 g/mol. The van der Waals surface area contributed by atoms with E-state index in [0.717, 1.165) is 78.4 Å². The third kappa shape index (κ3) is 4.39. The van der Waals surface area contributed by atoms with Crippen LogP contribution in [-0.2, 0) is 19.4 Å². The van der Waals surface area contributed by atoms with Crippen molar-refractivity contribution in [2.75, 3.05) is 13.2 Å². The first-order valence-corrected chi connectivity index (χ1v) is 12.4. The van der Waals surface area contributed by atoms with Gasteiger partial charge in [0.1, 0.15) is 11.3 Å². The van der Waals surface area contributed by atoms with Crippen molar-refractivity contribution in [1.29, 1.82) is 0 Å². The summed E-state index contributed by atoms with van der Waals surface area (Å²) in [6, 6.07) is 8.20. The van der Waals surface area contributed by atoms with Crippen molar-refractivity contribution in [3.63, 3.8) is 0 Å². The molecule has 0 saturated carbocycles. The topological polar surface area (TPSA) is 79.7 Å². The Morgan fingerprint density at radius 1 is 1.06 bits per heavy atom. The minimum absolute atomic E-state index is 0. The number of hydrogen-bond donors (Lipinski definition) is 1. The molecule has 1 aliphatic heterocycles. The van der Waals surface area contributed by atoms with Gasteiger partial charge in [0.25, 0.3) is 0 Å². The second-order valence-electron chi connectivity index (χ2n) is 9.80. The Bertz CT molecular complexity index is 1440. The second-order valence-corrected chi connectivity index (χ2v) is 9.80. The zero-order valence-corrected chi connectivity index (χ0v) is 20.8. The highest BCUT2D eigenvalue weighted by Crippen LogP contribution is 2.37. The van der Waals surface area contributed by atoms with Gasteiger partial charge in [-0.25, -0.2) is 4.79 Å². The molecule has 0 radical (unpaired) electrons. The summed E-state index contributed by atoms with van der Waals surface area (Å²) in [5.41, 5.74) is 6.37. The maximum Gasteiger partial charge on any atom is 0.336 e. The van der Waals surface area contributed by atoms with Crippen LogP contribution in [0.2, 0.25) is 0 Å². The fraction of sp³-hybridized carbons (Fsp3) is 0.429. The number of nitrogens with zero attached hydrogens (tertiary/aromatic N) is 2. The lowest BCUT2D eigenvalue weighted by Crippen LogP contribution is -2.39. The molecule has 4 heterocycles. The Morgan fingerprint density at radius 3 is 2.71 bits per heavy atom. The predicted molar refractivity (Wildman–Crippen MR) is 139 cm³/mol. The van der Waals surface area contributed by atoms with Crippen molar-refractivity contribution in [1.82, 2.24) is 9.88 Å². The third-order valence-corrected chi connectivity index (χ3v) is 7.63. The molecule has 7 heteroatoms. The molecule has 1 atom stereocenters. The highest BCUT2D eigenvalue weighted by molar-refractivity contribution is 5.96. The van der Waals surface area contributed by atoms with Crippen LogP contribution < -0.4 is 5.63 Å². The molecule has 6 rings (SSSR count). The van der Waals surface area contributed by atoms with Crippen molar-refractivity contribution in [2.24, 2.45) is 0 Å². The van der Waals surface area contributed by atoms with E-state index in [1.54, 1.807) is 6.07 Å². The summed E-state index contributed by atoms with van der Waals surface area (Å²) in [4.78, 5) is 19.5. The molecule has 35 heavy (non-hydrogen) atoms. The van der Waals surface area contributed by atoms with E-state index >= 15 is 0 Å². The number of furan rings is 1. The van der Waals surface area contributed by atoms with Crippen LogP contribution in [0.25, 0.3) is 33.3 Å². The molecule has 1 aromatic carbocycles. The minimum Gasteiger partial charge on any atom is -0.454 e. The van der Waals surface area contributed by atoms with E-state index in [1.807, 2.05) is 19.2 Å². The van der Waals surface area contributed by atoms with Crippen molar-refractivity contribution in [3.05, 3.63) is 63.3 Å². The Labute approximate surface area is 210 Å². The number of benzene rings is 1. The van der Waals surface area contributed by atoms with Crippen LogP contribution in [-0.4, -0.2) is 34.2 Å². The number of piperidine rings is 1. The number of aryl methyl sites for hydroxylation is 3. The summed E-state index contributed by atoms with van der Waals surface area (Å²) in [6.45, 7) is 3.98. The Kier molecular flexibility index (Phi) is 6.71. The van der Waals surface area contributed by atoms with E-state index in [1.165, 1.54) is 24.0 Å².